The van der Waals surface area contributed by atoms with Crippen molar-refractivity contribution in [1.82, 2.24) is 4.57 Å². The molecule has 1 aromatic heterocycles. The van der Waals surface area contributed by atoms with Crippen molar-refractivity contribution in [2.24, 2.45) is 5.73 Å². The topological polar surface area (TPSA) is 101 Å². The number of ether oxygens (including phenoxy) is 2. The molecule has 1 unspecified atom stereocenters. The number of hydrogen-bond acceptors (Lipinski definition) is 7. The summed E-state index contributed by atoms with van der Waals surface area (Å²) in [6.07, 6.45) is 3.07. The Morgan fingerprint density at radius 3 is 2.38 bits per heavy atom. The monoisotopic (exact) mass is 558 g/mol. The van der Waals surface area contributed by atoms with Gasteiger partial charge in [-0.1, -0.05) is 72.9 Å². The van der Waals surface area contributed by atoms with Crippen molar-refractivity contribution in [3.63, 3.8) is 0 Å². The van der Waals surface area contributed by atoms with E-state index in [9.17, 15) is 14.4 Å². The van der Waals surface area contributed by atoms with Crippen molar-refractivity contribution in [1.29, 1.82) is 0 Å². The lowest BCUT2D eigenvalue weighted by atomic mass is 9.83. The normalized spacial score (nSPS) is 15.5. The second-order valence-corrected chi connectivity index (χ2v) is 10.1. The number of hydrogen-bond donors (Lipinski definition) is 1. The Bertz CT molecular complexity index is 1590. The Labute approximate surface area is 227 Å². The van der Waals surface area contributed by atoms with Crippen molar-refractivity contribution >= 4 is 63.9 Å². The smallest absolute Gasteiger partial charge is 0.338 e. The Hall–Kier alpha value is -3.33. The summed E-state index contributed by atoms with van der Waals surface area (Å²) in [5, 5.41) is 0.767. The van der Waals surface area contributed by atoms with Gasteiger partial charge in [-0.25, -0.2) is 9.59 Å². The van der Waals surface area contributed by atoms with E-state index in [-0.39, 0.29) is 32.8 Å². The summed E-state index contributed by atoms with van der Waals surface area (Å²) in [4.78, 5) is 40.2. The number of nitrogens with zero attached hydrogens (tertiary/aromatic N) is 1. The summed E-state index contributed by atoms with van der Waals surface area (Å²) in [5.41, 5.74) is 7.09. The van der Waals surface area contributed by atoms with Crippen LogP contribution in [0.25, 0.3) is 17.5 Å². The van der Waals surface area contributed by atoms with Gasteiger partial charge >= 0.3 is 11.9 Å². The second kappa shape index (κ2) is 11.4. The number of rotatable bonds is 7. The lowest BCUT2D eigenvalue weighted by Gasteiger charge is -2.27. The van der Waals surface area contributed by atoms with E-state index in [1.807, 2.05) is 6.92 Å². The van der Waals surface area contributed by atoms with Crippen LogP contribution in [0.2, 0.25) is 10.0 Å². The van der Waals surface area contributed by atoms with Gasteiger partial charge in [0.2, 0.25) is 0 Å². The summed E-state index contributed by atoms with van der Waals surface area (Å²) < 4.78 is 12.3. The number of nitrogens with two attached hydrogens (primary N) is 1. The summed E-state index contributed by atoms with van der Waals surface area (Å²) >= 11 is 13.9. The minimum atomic E-state index is -1.01. The number of aromatic nitrogens is 1. The number of thiazole rings is 1. The number of esters is 2. The first-order valence-corrected chi connectivity index (χ1v) is 13.1. The Morgan fingerprint density at radius 2 is 1.73 bits per heavy atom. The molecule has 0 spiro atoms. The van der Waals surface area contributed by atoms with Crippen LogP contribution in [0.1, 0.15) is 36.8 Å². The SMILES string of the molecule is CCCCOC(=O)C1=C(N)n2c(s/c(=C\c3ccccc3Cl)c2=O)=C(C(=O)OC)C1c1ccccc1Cl. The molecule has 2 heterocycles. The number of carbonyl (C=O) groups is 2. The van der Waals surface area contributed by atoms with Gasteiger partial charge in [-0.05, 0) is 35.8 Å². The third-order valence-electron chi connectivity index (χ3n) is 5.91. The first-order valence-electron chi connectivity index (χ1n) is 11.5. The number of halogens is 2. The maximum atomic E-state index is 13.6. The molecule has 1 aliphatic rings. The van der Waals surface area contributed by atoms with Crippen LogP contribution in [0.3, 0.4) is 0 Å². The molecular weight excluding hydrogens is 535 g/mol. The van der Waals surface area contributed by atoms with E-state index in [1.54, 1.807) is 54.6 Å². The molecule has 0 saturated carbocycles. The van der Waals surface area contributed by atoms with E-state index >= 15 is 0 Å². The molecule has 0 saturated heterocycles. The molecule has 2 N–H and O–H groups in total. The summed E-state index contributed by atoms with van der Waals surface area (Å²) in [6, 6.07) is 13.8. The molecule has 192 valence electrons. The van der Waals surface area contributed by atoms with Gasteiger partial charge < -0.3 is 15.2 Å². The molecule has 10 heteroatoms. The molecule has 0 aliphatic carbocycles. The molecule has 7 nitrogen and oxygen atoms in total. The number of unbranched alkanes of at least 4 members (excludes halogenated alkanes) is 1. The molecule has 4 rings (SSSR count). The van der Waals surface area contributed by atoms with Crippen molar-refractivity contribution in [3.8, 4) is 0 Å². The summed E-state index contributed by atoms with van der Waals surface area (Å²) in [5.74, 6) is -2.61. The van der Waals surface area contributed by atoms with Crippen LogP contribution in [0.15, 0.2) is 58.9 Å². The van der Waals surface area contributed by atoms with Gasteiger partial charge in [0.15, 0.2) is 0 Å². The second-order valence-electron chi connectivity index (χ2n) is 8.23. The molecular formula is C27H24Cl2N2O5S. The largest absolute Gasteiger partial charge is 0.466 e. The number of fused-ring (bicyclic) bond motifs is 1. The Kier molecular flexibility index (Phi) is 8.22. The zero-order valence-electron chi connectivity index (χ0n) is 20.1. The Morgan fingerprint density at radius 1 is 1.05 bits per heavy atom. The quantitative estimate of drug-likeness (QED) is 0.351. The van der Waals surface area contributed by atoms with Crippen LogP contribution in [-0.4, -0.2) is 30.2 Å². The standard InChI is InChI=1S/C27H24Cl2N2O5S/c1-3-4-13-36-27(34)21-20(16-10-6-8-12-18(16)29)22(26(33)35-2)25-31(23(21)30)24(32)19(37-25)14-15-9-5-7-11-17(15)28/h5-12,14,20H,3-4,13,30H2,1-2H3/b19-14-. The zero-order chi connectivity index (χ0) is 26.7. The minimum absolute atomic E-state index is 0.0544. The van der Waals surface area contributed by atoms with Crippen LogP contribution >= 0.6 is 34.5 Å². The molecule has 1 atom stereocenters. The van der Waals surface area contributed by atoms with Gasteiger partial charge in [0.05, 0.1) is 35.3 Å². The van der Waals surface area contributed by atoms with Gasteiger partial charge in [-0.15, -0.1) is 11.3 Å². The molecule has 2 aromatic carbocycles. The molecule has 1 aliphatic heterocycles. The third kappa shape index (κ3) is 5.09. The highest BCUT2D eigenvalue weighted by Gasteiger charge is 2.40. The van der Waals surface area contributed by atoms with E-state index < -0.39 is 23.4 Å². The average molecular weight is 559 g/mol. The van der Waals surface area contributed by atoms with E-state index in [2.05, 4.69) is 0 Å². The van der Waals surface area contributed by atoms with Crippen LogP contribution in [-0.2, 0) is 19.1 Å². The molecule has 0 amide bonds. The maximum absolute atomic E-state index is 13.6. The number of carbonyl (C=O) groups excluding carboxylic acids is 2. The molecule has 3 aromatic rings. The highest BCUT2D eigenvalue weighted by atomic mass is 35.5. The molecule has 37 heavy (non-hydrogen) atoms. The fourth-order valence-corrected chi connectivity index (χ4v) is 5.69. The van der Waals surface area contributed by atoms with Crippen LogP contribution in [0, 0.1) is 0 Å². The molecule has 0 radical (unpaired) electrons. The predicted molar refractivity (Wildman–Crippen MR) is 146 cm³/mol. The van der Waals surface area contributed by atoms with Gasteiger partial charge in [0.25, 0.3) is 5.56 Å². The first-order chi connectivity index (χ1) is 17.8. The lowest BCUT2D eigenvalue weighted by Crippen LogP contribution is -2.42. The molecule has 0 bridgehead atoms. The fraction of sp³-hybridized carbons (Fsp3) is 0.222. The van der Waals surface area contributed by atoms with Crippen LogP contribution in [0.4, 0.5) is 0 Å². The number of benzene rings is 2. The van der Waals surface area contributed by atoms with Crippen molar-refractivity contribution < 1.29 is 19.1 Å². The van der Waals surface area contributed by atoms with Crippen LogP contribution in [0.5, 0.6) is 0 Å². The Balaban J connectivity index is 2.09. The maximum Gasteiger partial charge on any atom is 0.338 e. The van der Waals surface area contributed by atoms with Crippen LogP contribution < -0.4 is 20.5 Å². The first kappa shape index (κ1) is 26.7. The molecule has 0 fully saturated rings. The average Bonchev–Trinajstić information content (AvgIpc) is 3.21. The predicted octanol–water partition coefficient (Wildman–Crippen LogP) is 3.64. The third-order valence-corrected chi connectivity index (χ3v) is 7.71. The van der Waals surface area contributed by atoms with Gasteiger partial charge in [-0.3, -0.25) is 9.36 Å². The van der Waals surface area contributed by atoms with Gasteiger partial charge in [0, 0.05) is 10.0 Å². The minimum Gasteiger partial charge on any atom is -0.466 e. The van der Waals surface area contributed by atoms with E-state index in [1.165, 1.54) is 7.11 Å². The number of methoxy groups -OCH3 is 1. The summed E-state index contributed by atoms with van der Waals surface area (Å²) in [6.45, 7) is 2.12. The van der Waals surface area contributed by atoms with Gasteiger partial charge in [-0.2, -0.15) is 0 Å². The fourth-order valence-electron chi connectivity index (χ4n) is 4.10. The van der Waals surface area contributed by atoms with E-state index in [0.29, 0.717) is 27.6 Å². The van der Waals surface area contributed by atoms with Gasteiger partial charge in [0.1, 0.15) is 10.5 Å². The van der Waals surface area contributed by atoms with Crippen molar-refractivity contribution in [3.05, 3.63) is 94.8 Å². The lowest BCUT2D eigenvalue weighted by molar-refractivity contribution is -0.139. The zero-order valence-corrected chi connectivity index (χ0v) is 22.5. The highest BCUT2D eigenvalue weighted by Crippen LogP contribution is 2.40. The van der Waals surface area contributed by atoms with E-state index in [0.717, 1.165) is 22.3 Å². The highest BCUT2D eigenvalue weighted by molar-refractivity contribution is 7.07. The van der Waals surface area contributed by atoms with Crippen molar-refractivity contribution in [2.75, 3.05) is 13.7 Å². The van der Waals surface area contributed by atoms with Crippen molar-refractivity contribution in [2.45, 2.75) is 25.7 Å². The summed E-state index contributed by atoms with van der Waals surface area (Å²) in [7, 11) is 1.23. The van der Waals surface area contributed by atoms with E-state index in [4.69, 9.17) is 38.4 Å².